The number of piperidine rings is 1. The topological polar surface area (TPSA) is 72.9 Å². The number of rotatable bonds is 8. The minimum Gasteiger partial charge on any atom is -0.480 e. The van der Waals surface area contributed by atoms with Crippen LogP contribution in [-0.2, 0) is 16.1 Å². The summed E-state index contributed by atoms with van der Waals surface area (Å²) >= 11 is 0. The molecule has 1 aliphatic rings. The first kappa shape index (κ1) is 22.3. The number of carbonyl (C=O) groups is 2. The number of likely N-dealkylation sites (tertiary alicyclic amines) is 1. The standard InChI is InChI=1S/C18H26FN3O3.ClH/c1-2-22(13-18(24)25)15-7-9-21(10-8-15)12-17(23)20-11-14-5-3-4-6-16(14)19;/h3-6,15H,2,7-13H2,1H3,(H,20,23)(H,24,25);1H. The smallest absolute Gasteiger partial charge is 0.317 e. The van der Waals surface area contributed by atoms with Gasteiger partial charge in [0.2, 0.25) is 5.91 Å². The molecule has 0 aromatic heterocycles. The number of hydrogen-bond donors (Lipinski definition) is 2. The van der Waals surface area contributed by atoms with E-state index >= 15 is 0 Å². The summed E-state index contributed by atoms with van der Waals surface area (Å²) in [6.07, 6.45) is 1.70. The molecule has 1 heterocycles. The second-order valence-corrected chi connectivity index (χ2v) is 6.33. The van der Waals surface area contributed by atoms with E-state index in [0.717, 1.165) is 25.9 Å². The van der Waals surface area contributed by atoms with Gasteiger partial charge >= 0.3 is 5.97 Å². The van der Waals surface area contributed by atoms with E-state index in [-0.39, 0.29) is 49.8 Å². The van der Waals surface area contributed by atoms with E-state index in [0.29, 0.717) is 12.1 Å². The maximum absolute atomic E-state index is 13.5. The van der Waals surface area contributed by atoms with Gasteiger partial charge in [-0.2, -0.15) is 0 Å². The molecule has 0 saturated carbocycles. The molecule has 1 aromatic carbocycles. The van der Waals surface area contributed by atoms with Crippen LogP contribution in [0.2, 0.25) is 0 Å². The Bertz CT molecular complexity index is 595. The Hall–Kier alpha value is -1.70. The summed E-state index contributed by atoms with van der Waals surface area (Å²) in [5, 5.41) is 11.7. The van der Waals surface area contributed by atoms with E-state index < -0.39 is 5.97 Å². The van der Waals surface area contributed by atoms with Gasteiger partial charge in [0.1, 0.15) is 5.82 Å². The Morgan fingerprint density at radius 2 is 1.96 bits per heavy atom. The van der Waals surface area contributed by atoms with Gasteiger partial charge in [0.25, 0.3) is 0 Å². The van der Waals surface area contributed by atoms with Gasteiger partial charge < -0.3 is 10.4 Å². The van der Waals surface area contributed by atoms with Gasteiger partial charge in [0.05, 0.1) is 13.1 Å². The first-order chi connectivity index (χ1) is 12.0. The zero-order valence-electron chi connectivity index (χ0n) is 15.0. The fraction of sp³-hybridized carbons (Fsp3) is 0.556. The molecule has 0 atom stereocenters. The van der Waals surface area contributed by atoms with Gasteiger partial charge in [0, 0.05) is 31.2 Å². The van der Waals surface area contributed by atoms with Crippen molar-refractivity contribution in [1.29, 1.82) is 0 Å². The maximum Gasteiger partial charge on any atom is 0.317 e. The van der Waals surface area contributed by atoms with Gasteiger partial charge in [-0.1, -0.05) is 25.1 Å². The number of nitrogens with zero attached hydrogens (tertiary/aromatic N) is 2. The lowest BCUT2D eigenvalue weighted by molar-refractivity contribution is -0.139. The van der Waals surface area contributed by atoms with Crippen LogP contribution in [0.3, 0.4) is 0 Å². The third-order valence-corrected chi connectivity index (χ3v) is 4.62. The number of benzene rings is 1. The van der Waals surface area contributed by atoms with E-state index in [1.807, 2.05) is 11.8 Å². The van der Waals surface area contributed by atoms with Gasteiger partial charge in [0.15, 0.2) is 0 Å². The van der Waals surface area contributed by atoms with Crippen molar-refractivity contribution in [1.82, 2.24) is 15.1 Å². The third-order valence-electron chi connectivity index (χ3n) is 4.62. The molecule has 2 N–H and O–H groups in total. The van der Waals surface area contributed by atoms with Crippen LogP contribution in [0.5, 0.6) is 0 Å². The monoisotopic (exact) mass is 387 g/mol. The zero-order valence-corrected chi connectivity index (χ0v) is 15.8. The second-order valence-electron chi connectivity index (χ2n) is 6.33. The fourth-order valence-corrected chi connectivity index (χ4v) is 3.21. The van der Waals surface area contributed by atoms with E-state index in [1.165, 1.54) is 6.07 Å². The number of carbonyl (C=O) groups excluding carboxylic acids is 1. The van der Waals surface area contributed by atoms with Gasteiger partial charge in [-0.25, -0.2) is 4.39 Å². The number of nitrogens with one attached hydrogen (secondary N) is 1. The molecule has 1 saturated heterocycles. The van der Waals surface area contributed by atoms with Crippen LogP contribution in [0.25, 0.3) is 0 Å². The molecular formula is C18H27ClFN3O3. The summed E-state index contributed by atoms with van der Waals surface area (Å²) < 4.78 is 13.5. The molecule has 0 spiro atoms. The second kappa shape index (κ2) is 11.1. The number of hydrogen-bond acceptors (Lipinski definition) is 4. The normalized spacial score (nSPS) is 15.5. The van der Waals surface area contributed by atoms with Gasteiger partial charge in [-0.3, -0.25) is 19.4 Å². The number of carboxylic acid groups (broad SMARTS) is 1. The molecule has 2 rings (SSSR count). The number of halogens is 2. The zero-order chi connectivity index (χ0) is 18.2. The highest BCUT2D eigenvalue weighted by molar-refractivity contribution is 5.85. The predicted octanol–water partition coefficient (Wildman–Crippen LogP) is 1.73. The lowest BCUT2D eigenvalue weighted by Crippen LogP contribution is -2.48. The summed E-state index contributed by atoms with van der Waals surface area (Å²) in [7, 11) is 0. The third kappa shape index (κ3) is 6.90. The van der Waals surface area contributed by atoms with Crippen molar-refractivity contribution in [2.24, 2.45) is 0 Å². The van der Waals surface area contributed by atoms with Crippen LogP contribution in [0.15, 0.2) is 24.3 Å². The van der Waals surface area contributed by atoms with Crippen molar-refractivity contribution in [2.75, 3.05) is 32.7 Å². The van der Waals surface area contributed by atoms with Crippen molar-refractivity contribution in [2.45, 2.75) is 32.4 Å². The molecule has 0 bridgehead atoms. The highest BCUT2D eigenvalue weighted by Gasteiger charge is 2.25. The highest BCUT2D eigenvalue weighted by atomic mass is 35.5. The Morgan fingerprint density at radius 1 is 1.31 bits per heavy atom. The van der Waals surface area contributed by atoms with Gasteiger partial charge in [-0.15, -0.1) is 12.4 Å². The summed E-state index contributed by atoms with van der Waals surface area (Å²) in [6.45, 7) is 4.72. The Kier molecular flexibility index (Phi) is 9.54. The lowest BCUT2D eigenvalue weighted by atomic mass is 10.0. The van der Waals surface area contributed by atoms with Crippen molar-refractivity contribution in [3.05, 3.63) is 35.6 Å². The number of aliphatic carboxylic acids is 1. The molecule has 1 aromatic rings. The van der Waals surface area contributed by atoms with Gasteiger partial charge in [-0.05, 0) is 25.5 Å². The van der Waals surface area contributed by atoms with Crippen molar-refractivity contribution in [3.8, 4) is 0 Å². The summed E-state index contributed by atoms with van der Waals surface area (Å²) in [5.41, 5.74) is 0.474. The first-order valence-corrected chi connectivity index (χ1v) is 8.68. The first-order valence-electron chi connectivity index (χ1n) is 8.68. The molecule has 8 heteroatoms. The summed E-state index contributed by atoms with van der Waals surface area (Å²) in [4.78, 5) is 27.0. The molecule has 0 radical (unpaired) electrons. The molecule has 1 amide bonds. The molecule has 26 heavy (non-hydrogen) atoms. The number of carboxylic acids is 1. The van der Waals surface area contributed by atoms with Crippen molar-refractivity contribution in [3.63, 3.8) is 0 Å². The minimum absolute atomic E-state index is 0. The lowest BCUT2D eigenvalue weighted by Gasteiger charge is -2.37. The van der Waals surface area contributed by atoms with Crippen LogP contribution >= 0.6 is 12.4 Å². The van der Waals surface area contributed by atoms with Crippen LogP contribution in [-0.4, -0.2) is 65.5 Å². The number of likely N-dealkylation sites (N-methyl/N-ethyl adjacent to an activating group) is 1. The van der Waals surface area contributed by atoms with Crippen molar-refractivity contribution >= 4 is 24.3 Å². The van der Waals surface area contributed by atoms with Crippen LogP contribution < -0.4 is 5.32 Å². The molecule has 6 nitrogen and oxygen atoms in total. The van der Waals surface area contributed by atoms with E-state index in [9.17, 15) is 14.0 Å². The molecule has 1 aliphatic heterocycles. The average molecular weight is 388 g/mol. The average Bonchev–Trinajstić information content (AvgIpc) is 2.59. The van der Waals surface area contributed by atoms with Crippen LogP contribution in [0, 0.1) is 5.82 Å². The van der Waals surface area contributed by atoms with Crippen molar-refractivity contribution < 1.29 is 19.1 Å². The Labute approximate surface area is 159 Å². The van der Waals surface area contributed by atoms with Crippen LogP contribution in [0.1, 0.15) is 25.3 Å². The predicted molar refractivity (Wildman–Crippen MR) is 99.8 cm³/mol. The number of amides is 1. The summed E-state index contributed by atoms with van der Waals surface area (Å²) in [5.74, 6) is -1.25. The van der Waals surface area contributed by atoms with E-state index in [1.54, 1.807) is 18.2 Å². The molecular weight excluding hydrogens is 361 g/mol. The summed E-state index contributed by atoms with van der Waals surface area (Å²) in [6, 6.07) is 6.64. The minimum atomic E-state index is -0.809. The SMILES string of the molecule is CCN(CC(=O)O)C1CCN(CC(=O)NCc2ccccc2F)CC1.Cl. The highest BCUT2D eigenvalue weighted by Crippen LogP contribution is 2.16. The molecule has 1 fully saturated rings. The Balaban J connectivity index is 0.00000338. The van der Waals surface area contributed by atoms with E-state index in [4.69, 9.17) is 5.11 Å². The Morgan fingerprint density at radius 3 is 2.54 bits per heavy atom. The molecule has 0 unspecified atom stereocenters. The fourth-order valence-electron chi connectivity index (χ4n) is 3.21. The van der Waals surface area contributed by atoms with E-state index in [2.05, 4.69) is 10.2 Å². The quantitative estimate of drug-likeness (QED) is 0.710. The largest absolute Gasteiger partial charge is 0.480 e. The molecule has 146 valence electrons. The molecule has 0 aliphatic carbocycles. The van der Waals surface area contributed by atoms with Crippen LogP contribution in [0.4, 0.5) is 4.39 Å². The maximum atomic E-state index is 13.5.